The molecule has 0 heterocycles. The highest BCUT2D eigenvalue weighted by Gasteiger charge is 2.13. The lowest BCUT2D eigenvalue weighted by Crippen LogP contribution is -2.30. The van der Waals surface area contributed by atoms with Crippen LogP contribution in [0.25, 0.3) is 0 Å². The number of nitrogens with zero attached hydrogens (tertiary/aromatic N) is 1. The molecular weight excluding hydrogens is 376 g/mol. The minimum absolute atomic E-state index is 0.0427. The molecule has 0 bridgehead atoms. The molecule has 0 atom stereocenters. The van der Waals surface area contributed by atoms with Gasteiger partial charge >= 0.3 is 0 Å². The summed E-state index contributed by atoms with van der Waals surface area (Å²) >= 11 is 0. The van der Waals surface area contributed by atoms with Crippen LogP contribution in [0.4, 0.5) is 5.69 Å². The zero-order valence-electron chi connectivity index (χ0n) is 17.3. The van der Waals surface area contributed by atoms with E-state index in [1.54, 1.807) is 41.3 Å². The lowest BCUT2D eigenvalue weighted by Gasteiger charge is -2.19. The molecule has 1 N–H and O–H groups in total. The molecule has 0 fully saturated rings. The molecule has 5 heteroatoms. The van der Waals surface area contributed by atoms with Crippen LogP contribution >= 0.6 is 0 Å². The van der Waals surface area contributed by atoms with Crippen LogP contribution in [0.3, 0.4) is 0 Å². The molecule has 0 saturated carbocycles. The fourth-order valence-electron chi connectivity index (χ4n) is 3.06. The summed E-state index contributed by atoms with van der Waals surface area (Å²) in [5.41, 5.74) is 2.67. The lowest BCUT2D eigenvalue weighted by atomic mass is 10.1. The van der Waals surface area contributed by atoms with Crippen LogP contribution in [0, 0.1) is 0 Å². The van der Waals surface area contributed by atoms with Crippen molar-refractivity contribution < 1.29 is 14.3 Å². The molecule has 0 radical (unpaired) electrons. The Kier molecular flexibility index (Phi) is 7.22. The third kappa shape index (κ3) is 5.47. The summed E-state index contributed by atoms with van der Waals surface area (Å²) < 4.78 is 5.72. The molecule has 0 aromatic heterocycles. The molecule has 0 aliphatic carbocycles. The monoisotopic (exact) mass is 402 g/mol. The van der Waals surface area contributed by atoms with Crippen LogP contribution in [0.1, 0.15) is 40.1 Å². The number of nitrogens with one attached hydrogen (secondary N) is 1. The first kappa shape index (κ1) is 21.1. The third-order valence-corrected chi connectivity index (χ3v) is 4.78. The molecule has 0 saturated heterocycles. The topological polar surface area (TPSA) is 58.6 Å². The van der Waals surface area contributed by atoms with E-state index in [1.807, 2.05) is 56.3 Å². The van der Waals surface area contributed by atoms with Crippen molar-refractivity contribution in [2.75, 3.05) is 18.4 Å². The highest BCUT2D eigenvalue weighted by atomic mass is 16.5. The maximum Gasteiger partial charge on any atom is 0.255 e. The first-order chi connectivity index (χ1) is 14.6. The van der Waals surface area contributed by atoms with Gasteiger partial charge in [0, 0.05) is 29.9 Å². The van der Waals surface area contributed by atoms with E-state index in [4.69, 9.17) is 4.74 Å². The second kappa shape index (κ2) is 10.3. The van der Waals surface area contributed by atoms with E-state index < -0.39 is 0 Å². The molecule has 30 heavy (non-hydrogen) atoms. The minimum atomic E-state index is -0.224. The van der Waals surface area contributed by atoms with Crippen LogP contribution in [0.2, 0.25) is 0 Å². The van der Waals surface area contributed by atoms with Gasteiger partial charge in [0.05, 0.1) is 0 Å². The number of carbonyl (C=O) groups excluding carboxylic acids is 2. The number of benzene rings is 3. The third-order valence-electron chi connectivity index (χ3n) is 4.78. The van der Waals surface area contributed by atoms with E-state index in [2.05, 4.69) is 5.32 Å². The largest absolute Gasteiger partial charge is 0.489 e. The van der Waals surface area contributed by atoms with Crippen molar-refractivity contribution in [3.63, 3.8) is 0 Å². The SMILES string of the molecule is CCN(CC)C(=O)c1cccc(NC(=O)c2ccc(COc3ccccc3)cc2)c1. The van der Waals surface area contributed by atoms with Gasteiger partial charge in [-0.25, -0.2) is 0 Å². The van der Waals surface area contributed by atoms with Gasteiger partial charge in [0.1, 0.15) is 12.4 Å². The molecule has 0 aliphatic rings. The number of hydrogen-bond acceptors (Lipinski definition) is 3. The van der Waals surface area contributed by atoms with E-state index in [0.29, 0.717) is 36.5 Å². The summed E-state index contributed by atoms with van der Waals surface area (Å²) in [4.78, 5) is 26.9. The molecule has 5 nitrogen and oxygen atoms in total. The van der Waals surface area contributed by atoms with Crippen molar-refractivity contribution in [3.8, 4) is 5.75 Å². The predicted octanol–water partition coefficient (Wildman–Crippen LogP) is 5.00. The van der Waals surface area contributed by atoms with Crippen molar-refractivity contribution in [3.05, 3.63) is 95.6 Å². The summed E-state index contributed by atoms with van der Waals surface area (Å²) in [5, 5.41) is 2.86. The molecule has 3 aromatic rings. The fraction of sp³-hybridized carbons (Fsp3) is 0.200. The number of ether oxygens (including phenoxy) is 1. The second-order valence-corrected chi connectivity index (χ2v) is 6.81. The van der Waals surface area contributed by atoms with E-state index in [1.165, 1.54) is 0 Å². The van der Waals surface area contributed by atoms with Crippen molar-refractivity contribution in [2.45, 2.75) is 20.5 Å². The minimum Gasteiger partial charge on any atom is -0.489 e. The van der Waals surface area contributed by atoms with Crippen LogP contribution in [0.15, 0.2) is 78.9 Å². The fourth-order valence-corrected chi connectivity index (χ4v) is 3.06. The Hall–Kier alpha value is -3.60. The Balaban J connectivity index is 1.62. The number of rotatable bonds is 8. The Bertz CT molecular complexity index is 981. The summed E-state index contributed by atoms with van der Waals surface area (Å²) in [7, 11) is 0. The molecule has 154 valence electrons. The van der Waals surface area contributed by atoms with E-state index in [0.717, 1.165) is 11.3 Å². The molecule has 0 unspecified atom stereocenters. The van der Waals surface area contributed by atoms with E-state index in [-0.39, 0.29) is 11.8 Å². The average molecular weight is 402 g/mol. The van der Waals surface area contributed by atoms with Crippen LogP contribution in [-0.2, 0) is 6.61 Å². The van der Waals surface area contributed by atoms with Gasteiger partial charge in [0.25, 0.3) is 11.8 Å². The lowest BCUT2D eigenvalue weighted by molar-refractivity contribution is 0.0772. The van der Waals surface area contributed by atoms with Gasteiger partial charge in [-0.1, -0.05) is 36.4 Å². The maximum atomic E-state index is 12.6. The van der Waals surface area contributed by atoms with E-state index >= 15 is 0 Å². The van der Waals surface area contributed by atoms with Crippen molar-refractivity contribution in [2.24, 2.45) is 0 Å². The van der Waals surface area contributed by atoms with Gasteiger partial charge in [-0.3, -0.25) is 9.59 Å². The summed E-state index contributed by atoms with van der Waals surface area (Å²) in [5.74, 6) is 0.537. The molecule has 0 aliphatic heterocycles. The van der Waals surface area contributed by atoms with Gasteiger partial charge in [0.2, 0.25) is 0 Å². The molecule has 3 rings (SSSR count). The Morgan fingerprint density at radius 3 is 2.20 bits per heavy atom. The van der Waals surface area contributed by atoms with Crippen LogP contribution in [-0.4, -0.2) is 29.8 Å². The summed E-state index contributed by atoms with van der Waals surface area (Å²) in [6, 6.07) is 23.9. The molecule has 2 amide bonds. The average Bonchev–Trinajstić information content (AvgIpc) is 2.79. The van der Waals surface area contributed by atoms with Gasteiger partial charge < -0.3 is 15.0 Å². The van der Waals surface area contributed by atoms with Crippen molar-refractivity contribution in [1.82, 2.24) is 4.90 Å². The summed E-state index contributed by atoms with van der Waals surface area (Å²) in [6.45, 7) is 5.61. The van der Waals surface area contributed by atoms with Gasteiger partial charge in [-0.2, -0.15) is 0 Å². The number of carbonyl (C=O) groups is 2. The predicted molar refractivity (Wildman–Crippen MR) is 119 cm³/mol. The number of amides is 2. The molecule has 3 aromatic carbocycles. The highest BCUT2D eigenvalue weighted by molar-refractivity contribution is 6.05. The van der Waals surface area contributed by atoms with Crippen LogP contribution < -0.4 is 10.1 Å². The molecular formula is C25H26N2O3. The Morgan fingerprint density at radius 1 is 0.833 bits per heavy atom. The smallest absolute Gasteiger partial charge is 0.255 e. The van der Waals surface area contributed by atoms with E-state index in [9.17, 15) is 9.59 Å². The first-order valence-corrected chi connectivity index (χ1v) is 10.1. The highest BCUT2D eigenvalue weighted by Crippen LogP contribution is 2.16. The second-order valence-electron chi connectivity index (χ2n) is 6.81. The zero-order valence-corrected chi connectivity index (χ0v) is 17.3. The first-order valence-electron chi connectivity index (χ1n) is 10.1. The Morgan fingerprint density at radius 2 is 1.53 bits per heavy atom. The Labute approximate surface area is 177 Å². The van der Waals surface area contributed by atoms with Gasteiger partial charge in [0.15, 0.2) is 0 Å². The number of para-hydroxylation sites is 1. The van der Waals surface area contributed by atoms with Gasteiger partial charge in [-0.05, 0) is 61.9 Å². The maximum absolute atomic E-state index is 12.6. The summed E-state index contributed by atoms with van der Waals surface area (Å²) in [6.07, 6.45) is 0. The number of anilines is 1. The zero-order chi connectivity index (χ0) is 21.3. The standard InChI is InChI=1S/C25H26N2O3/c1-3-27(4-2)25(29)21-9-8-10-22(17-21)26-24(28)20-15-13-19(14-16-20)18-30-23-11-6-5-7-12-23/h5-17H,3-4,18H2,1-2H3,(H,26,28). The quantitative estimate of drug-likeness (QED) is 0.577. The normalized spacial score (nSPS) is 10.3. The van der Waals surface area contributed by atoms with Crippen molar-refractivity contribution >= 4 is 17.5 Å². The van der Waals surface area contributed by atoms with Gasteiger partial charge in [-0.15, -0.1) is 0 Å². The molecule has 0 spiro atoms. The number of hydrogen-bond donors (Lipinski definition) is 1. The van der Waals surface area contributed by atoms with Crippen molar-refractivity contribution in [1.29, 1.82) is 0 Å². The van der Waals surface area contributed by atoms with Crippen LogP contribution in [0.5, 0.6) is 5.75 Å².